The van der Waals surface area contributed by atoms with Crippen LogP contribution in [0.2, 0.25) is 0 Å². The molecule has 0 aromatic rings. The molecule has 0 amide bonds. The number of aliphatic hydroxyl groups excluding tert-OH is 1. The normalized spacial score (nSPS) is 13.2. The van der Waals surface area contributed by atoms with Crippen LogP contribution in [0.1, 0.15) is 25.7 Å². The van der Waals surface area contributed by atoms with Gasteiger partial charge in [-0.15, -0.1) is 0 Å². The fraction of sp³-hybridized carbons (Fsp3) is 1.00. The monoisotopic (exact) mass is 292 g/mol. The summed E-state index contributed by atoms with van der Waals surface area (Å²) in [7, 11) is -2.32. The highest BCUT2D eigenvalue weighted by Crippen LogP contribution is 2.21. The molecule has 2 N–H and O–H groups in total. The summed E-state index contributed by atoms with van der Waals surface area (Å²) in [6.45, 7) is 0.0156. The van der Waals surface area contributed by atoms with Crippen molar-refractivity contribution in [3.8, 4) is 0 Å². The van der Waals surface area contributed by atoms with E-state index in [0.29, 0.717) is 6.42 Å². The van der Waals surface area contributed by atoms with Crippen molar-refractivity contribution < 1.29 is 26.7 Å². The highest BCUT2D eigenvalue weighted by Gasteiger charge is 2.26. The van der Waals surface area contributed by atoms with Crippen LogP contribution in [-0.2, 0) is 10.2 Å². The van der Waals surface area contributed by atoms with Crippen molar-refractivity contribution in [2.75, 3.05) is 26.7 Å². The SMILES string of the molecule is CN(CCCO)S(=O)(=O)NCCCCC(F)(F)F. The van der Waals surface area contributed by atoms with Crippen LogP contribution in [0.4, 0.5) is 13.2 Å². The van der Waals surface area contributed by atoms with E-state index in [1.54, 1.807) is 0 Å². The molecule has 0 aliphatic carbocycles. The fourth-order valence-electron chi connectivity index (χ4n) is 1.18. The molecule has 0 unspecified atom stereocenters. The van der Waals surface area contributed by atoms with Crippen molar-refractivity contribution in [3.63, 3.8) is 0 Å². The van der Waals surface area contributed by atoms with Crippen molar-refractivity contribution in [1.29, 1.82) is 0 Å². The maximum atomic E-state index is 11.8. The van der Waals surface area contributed by atoms with Crippen molar-refractivity contribution in [2.45, 2.75) is 31.9 Å². The number of nitrogens with one attached hydrogen (secondary N) is 1. The van der Waals surface area contributed by atoms with Gasteiger partial charge in [-0.3, -0.25) is 0 Å². The lowest BCUT2D eigenvalue weighted by atomic mass is 10.2. The predicted molar refractivity (Wildman–Crippen MR) is 61.2 cm³/mol. The smallest absolute Gasteiger partial charge is 0.389 e. The molecule has 0 spiro atoms. The Kier molecular flexibility index (Phi) is 7.76. The van der Waals surface area contributed by atoms with Gasteiger partial charge in [-0.25, -0.2) is 4.72 Å². The Balaban J connectivity index is 3.84. The van der Waals surface area contributed by atoms with Crippen LogP contribution >= 0.6 is 0 Å². The zero-order chi connectivity index (χ0) is 14.2. The molecule has 5 nitrogen and oxygen atoms in total. The molecule has 0 aromatic carbocycles. The second-order valence-electron chi connectivity index (χ2n) is 3.87. The number of alkyl halides is 3. The van der Waals surface area contributed by atoms with E-state index in [0.717, 1.165) is 4.31 Å². The van der Waals surface area contributed by atoms with Gasteiger partial charge in [0.1, 0.15) is 0 Å². The molecule has 0 saturated heterocycles. The van der Waals surface area contributed by atoms with Crippen LogP contribution < -0.4 is 4.72 Å². The standard InChI is InChI=1S/C9H19F3N2O3S/c1-14(7-4-8-15)18(16,17)13-6-3-2-5-9(10,11)12/h13,15H,2-8H2,1H3. The maximum absolute atomic E-state index is 11.8. The number of halogens is 3. The Morgan fingerprint density at radius 2 is 1.83 bits per heavy atom. The van der Waals surface area contributed by atoms with Gasteiger partial charge >= 0.3 is 6.18 Å². The maximum Gasteiger partial charge on any atom is 0.389 e. The van der Waals surface area contributed by atoms with Gasteiger partial charge in [0.2, 0.25) is 0 Å². The minimum atomic E-state index is -4.20. The van der Waals surface area contributed by atoms with Gasteiger partial charge in [-0.1, -0.05) is 0 Å². The highest BCUT2D eigenvalue weighted by atomic mass is 32.2. The Morgan fingerprint density at radius 3 is 2.33 bits per heavy atom. The molecule has 0 saturated carbocycles. The van der Waals surface area contributed by atoms with Crippen LogP contribution in [0.25, 0.3) is 0 Å². The Labute approximate surface area is 105 Å². The molecule has 18 heavy (non-hydrogen) atoms. The largest absolute Gasteiger partial charge is 0.396 e. The number of aliphatic hydroxyl groups is 1. The Morgan fingerprint density at radius 1 is 1.22 bits per heavy atom. The molecule has 0 aliphatic heterocycles. The van der Waals surface area contributed by atoms with E-state index in [2.05, 4.69) is 4.72 Å². The third-order valence-electron chi connectivity index (χ3n) is 2.21. The summed E-state index contributed by atoms with van der Waals surface area (Å²) in [6.07, 6.45) is -4.77. The molecule has 0 rings (SSSR count). The van der Waals surface area contributed by atoms with Crippen molar-refractivity contribution in [1.82, 2.24) is 9.03 Å². The summed E-state index contributed by atoms with van der Waals surface area (Å²) in [5, 5.41) is 8.55. The van der Waals surface area contributed by atoms with Gasteiger partial charge in [0.15, 0.2) is 0 Å². The number of hydrogen-bond donors (Lipinski definition) is 2. The van der Waals surface area contributed by atoms with Crippen molar-refractivity contribution in [2.24, 2.45) is 0 Å². The molecule has 0 bridgehead atoms. The van der Waals surface area contributed by atoms with Gasteiger partial charge in [0.05, 0.1) is 0 Å². The third kappa shape index (κ3) is 8.67. The molecule has 0 fully saturated rings. The molecule has 0 heterocycles. The van der Waals surface area contributed by atoms with E-state index in [-0.39, 0.29) is 32.5 Å². The average Bonchev–Trinajstić information content (AvgIpc) is 2.23. The molecular weight excluding hydrogens is 273 g/mol. The molecule has 0 aliphatic rings. The molecule has 9 heteroatoms. The quantitative estimate of drug-likeness (QED) is 0.620. The predicted octanol–water partition coefficient (Wildman–Crippen LogP) is 0.868. The second-order valence-corrected chi connectivity index (χ2v) is 5.73. The summed E-state index contributed by atoms with van der Waals surface area (Å²) in [4.78, 5) is 0. The van der Waals surface area contributed by atoms with Crippen LogP contribution in [-0.4, -0.2) is 50.7 Å². The first kappa shape index (κ1) is 17.6. The van der Waals surface area contributed by atoms with E-state index in [9.17, 15) is 21.6 Å². The zero-order valence-corrected chi connectivity index (χ0v) is 11.0. The van der Waals surface area contributed by atoms with Gasteiger partial charge in [0.25, 0.3) is 10.2 Å². The molecule has 110 valence electrons. The number of rotatable bonds is 9. The first-order valence-electron chi connectivity index (χ1n) is 5.57. The summed E-state index contributed by atoms with van der Waals surface area (Å²) in [5.41, 5.74) is 0. The second kappa shape index (κ2) is 7.93. The van der Waals surface area contributed by atoms with E-state index in [1.807, 2.05) is 0 Å². The lowest BCUT2D eigenvalue weighted by Gasteiger charge is -2.17. The van der Waals surface area contributed by atoms with Crippen molar-refractivity contribution >= 4 is 10.2 Å². The Bertz CT molecular complexity index is 320. The third-order valence-corrected chi connectivity index (χ3v) is 3.79. The summed E-state index contributed by atoms with van der Waals surface area (Å²) < 4.78 is 61.7. The van der Waals surface area contributed by atoms with Crippen LogP contribution in [0, 0.1) is 0 Å². The summed E-state index contributed by atoms with van der Waals surface area (Å²) >= 11 is 0. The Hall–Kier alpha value is -0.380. The molecule has 0 atom stereocenters. The zero-order valence-electron chi connectivity index (χ0n) is 10.2. The van der Waals surface area contributed by atoms with Crippen molar-refractivity contribution in [3.05, 3.63) is 0 Å². The van der Waals surface area contributed by atoms with E-state index in [1.165, 1.54) is 7.05 Å². The van der Waals surface area contributed by atoms with Gasteiger partial charge < -0.3 is 5.11 Å². The van der Waals surface area contributed by atoms with Gasteiger partial charge in [-0.2, -0.15) is 25.9 Å². The lowest BCUT2D eigenvalue weighted by Crippen LogP contribution is -2.39. The number of nitrogens with zero attached hydrogens (tertiary/aromatic N) is 1. The number of unbranched alkanes of at least 4 members (excludes halogenated alkanes) is 1. The topological polar surface area (TPSA) is 69.6 Å². The molecule has 0 radical (unpaired) electrons. The highest BCUT2D eigenvalue weighted by molar-refractivity contribution is 7.87. The first-order chi connectivity index (χ1) is 8.19. The van der Waals surface area contributed by atoms with E-state index < -0.39 is 22.8 Å². The first-order valence-corrected chi connectivity index (χ1v) is 7.01. The lowest BCUT2D eigenvalue weighted by molar-refractivity contribution is -0.135. The minimum absolute atomic E-state index is 0.0259. The van der Waals surface area contributed by atoms with Crippen LogP contribution in [0.3, 0.4) is 0 Å². The minimum Gasteiger partial charge on any atom is -0.396 e. The van der Waals surface area contributed by atoms with E-state index in [4.69, 9.17) is 5.11 Å². The fourth-order valence-corrected chi connectivity index (χ4v) is 2.17. The number of hydrogen-bond acceptors (Lipinski definition) is 3. The summed E-state index contributed by atoms with van der Waals surface area (Å²) in [6, 6.07) is 0. The van der Waals surface area contributed by atoms with E-state index >= 15 is 0 Å². The van der Waals surface area contributed by atoms with Gasteiger partial charge in [0, 0.05) is 33.2 Å². The van der Waals surface area contributed by atoms with Gasteiger partial charge in [-0.05, 0) is 19.3 Å². The summed E-state index contributed by atoms with van der Waals surface area (Å²) in [5.74, 6) is 0. The average molecular weight is 292 g/mol. The molecule has 0 aromatic heterocycles. The van der Waals surface area contributed by atoms with Crippen LogP contribution in [0.5, 0.6) is 0 Å². The molecular formula is C9H19F3N2O3S. The van der Waals surface area contributed by atoms with Crippen LogP contribution in [0.15, 0.2) is 0 Å².